The van der Waals surface area contributed by atoms with E-state index in [0.717, 1.165) is 87.9 Å². The smallest absolute Gasteiger partial charge is 0.238 e. The Labute approximate surface area is 325 Å². The van der Waals surface area contributed by atoms with E-state index in [1.165, 1.54) is 11.1 Å². The van der Waals surface area contributed by atoms with Gasteiger partial charge in [0.05, 0.1) is 16.4 Å². The van der Waals surface area contributed by atoms with Gasteiger partial charge in [0.2, 0.25) is 5.95 Å². The minimum atomic E-state index is 0.521. The Morgan fingerprint density at radius 1 is 0.351 bits per heavy atom. The van der Waals surface area contributed by atoms with E-state index < -0.39 is 0 Å². The maximum absolute atomic E-state index is 6.62. The number of nitrogens with zero attached hydrogens (tertiary/aromatic N) is 4. The highest BCUT2D eigenvalue weighted by Crippen LogP contribution is 2.42. The van der Waals surface area contributed by atoms with Crippen molar-refractivity contribution in [1.82, 2.24) is 19.5 Å². The van der Waals surface area contributed by atoms with Gasteiger partial charge in [0.25, 0.3) is 0 Å². The second kappa shape index (κ2) is 12.3. The van der Waals surface area contributed by atoms with Gasteiger partial charge in [-0.3, -0.25) is 4.57 Å². The number of para-hydroxylation sites is 2. The lowest BCUT2D eigenvalue weighted by atomic mass is 9.96. The summed E-state index contributed by atoms with van der Waals surface area (Å²) in [6.07, 6.45) is 0. The molecule has 4 heterocycles. The first-order valence-electron chi connectivity index (χ1n) is 19.0. The third-order valence-corrected chi connectivity index (χ3v) is 11.1. The number of fused-ring (bicyclic) bond motifs is 10. The van der Waals surface area contributed by atoms with Crippen molar-refractivity contribution in [2.75, 3.05) is 0 Å². The lowest BCUT2D eigenvalue weighted by Gasteiger charge is -2.11. The van der Waals surface area contributed by atoms with Crippen LogP contribution in [0.15, 0.2) is 191 Å². The van der Waals surface area contributed by atoms with Crippen molar-refractivity contribution in [3.05, 3.63) is 182 Å². The Morgan fingerprint density at radius 2 is 0.965 bits per heavy atom. The molecule has 0 aliphatic rings. The van der Waals surface area contributed by atoms with Gasteiger partial charge in [-0.25, -0.2) is 4.98 Å². The number of rotatable bonds is 5. The van der Waals surface area contributed by atoms with Crippen molar-refractivity contribution in [3.63, 3.8) is 0 Å². The van der Waals surface area contributed by atoms with Gasteiger partial charge in [-0.05, 0) is 70.8 Å². The Bertz CT molecular complexity index is 3530. The van der Waals surface area contributed by atoms with E-state index >= 15 is 0 Å². The van der Waals surface area contributed by atoms with Crippen LogP contribution < -0.4 is 0 Å². The van der Waals surface area contributed by atoms with E-state index in [9.17, 15) is 0 Å². The molecule has 0 fully saturated rings. The molecule has 0 saturated carbocycles. The van der Waals surface area contributed by atoms with E-state index in [1.807, 2.05) is 54.6 Å². The summed E-state index contributed by atoms with van der Waals surface area (Å²) in [6, 6.07) is 62.6. The first-order chi connectivity index (χ1) is 28.2. The standard InChI is InChI=1S/C51H30N4O2/c1-3-13-31(14-4-1)33-17-11-18-34(29-33)36-21-12-24-43-46(36)40-26-25-35(30-45(40)57-43)50-52-49(32-15-5-2-6-16-32)53-51(54-50)55-41-22-9-7-19-37(41)38-27-28-44-47(48(38)55)39-20-8-10-23-42(39)56-44/h1-30H. The third kappa shape index (κ3) is 4.94. The molecule has 0 amide bonds. The van der Waals surface area contributed by atoms with Crippen LogP contribution in [0.5, 0.6) is 0 Å². The molecule has 0 aliphatic heterocycles. The van der Waals surface area contributed by atoms with Gasteiger partial charge in [0.1, 0.15) is 22.3 Å². The molecule has 4 aromatic heterocycles. The first kappa shape index (κ1) is 31.5. The van der Waals surface area contributed by atoms with E-state index in [0.29, 0.717) is 17.6 Å². The van der Waals surface area contributed by atoms with E-state index in [-0.39, 0.29) is 0 Å². The Hall–Kier alpha value is -7.83. The minimum absolute atomic E-state index is 0.521. The van der Waals surface area contributed by atoms with Crippen molar-refractivity contribution < 1.29 is 8.83 Å². The summed E-state index contributed by atoms with van der Waals surface area (Å²) in [7, 11) is 0. The van der Waals surface area contributed by atoms with Crippen LogP contribution in [0, 0.1) is 0 Å². The number of benzene rings is 8. The van der Waals surface area contributed by atoms with Crippen LogP contribution in [0.1, 0.15) is 0 Å². The lowest BCUT2D eigenvalue weighted by Crippen LogP contribution is -2.06. The quantitative estimate of drug-likeness (QED) is 0.176. The monoisotopic (exact) mass is 730 g/mol. The highest BCUT2D eigenvalue weighted by Gasteiger charge is 2.22. The van der Waals surface area contributed by atoms with Gasteiger partial charge >= 0.3 is 0 Å². The molecule has 0 bridgehead atoms. The van der Waals surface area contributed by atoms with Crippen molar-refractivity contribution in [2.24, 2.45) is 0 Å². The average molecular weight is 731 g/mol. The van der Waals surface area contributed by atoms with Crippen LogP contribution in [0.4, 0.5) is 0 Å². The van der Waals surface area contributed by atoms with Crippen LogP contribution >= 0.6 is 0 Å². The fraction of sp³-hybridized carbons (Fsp3) is 0. The van der Waals surface area contributed by atoms with Gasteiger partial charge in [-0.2, -0.15) is 9.97 Å². The van der Waals surface area contributed by atoms with Crippen LogP contribution in [0.2, 0.25) is 0 Å². The molecule has 0 N–H and O–H groups in total. The molecule has 6 heteroatoms. The molecule has 8 aromatic carbocycles. The predicted octanol–water partition coefficient (Wildman–Crippen LogP) is 13.4. The molecular weight excluding hydrogens is 701 g/mol. The zero-order valence-corrected chi connectivity index (χ0v) is 30.4. The zero-order valence-electron chi connectivity index (χ0n) is 30.4. The van der Waals surface area contributed by atoms with Crippen LogP contribution in [-0.2, 0) is 0 Å². The van der Waals surface area contributed by atoms with E-state index in [2.05, 4.69) is 132 Å². The van der Waals surface area contributed by atoms with Gasteiger partial charge < -0.3 is 8.83 Å². The van der Waals surface area contributed by atoms with Crippen LogP contribution in [0.3, 0.4) is 0 Å². The molecule has 0 aliphatic carbocycles. The fourth-order valence-electron chi connectivity index (χ4n) is 8.49. The minimum Gasteiger partial charge on any atom is -0.456 e. The van der Waals surface area contributed by atoms with Crippen molar-refractivity contribution >= 4 is 65.7 Å². The summed E-state index contributed by atoms with van der Waals surface area (Å²) in [5.74, 6) is 1.65. The van der Waals surface area contributed by atoms with Crippen molar-refractivity contribution in [3.8, 4) is 51.0 Å². The molecule has 12 rings (SSSR count). The second-order valence-electron chi connectivity index (χ2n) is 14.4. The summed E-state index contributed by atoms with van der Waals surface area (Å²) in [5.41, 5.74) is 11.6. The summed E-state index contributed by atoms with van der Waals surface area (Å²) < 4.78 is 15.2. The summed E-state index contributed by atoms with van der Waals surface area (Å²) >= 11 is 0. The van der Waals surface area contributed by atoms with Gasteiger partial charge in [-0.1, -0.05) is 133 Å². The Kier molecular flexibility index (Phi) is 6.83. The number of hydrogen-bond donors (Lipinski definition) is 0. The lowest BCUT2D eigenvalue weighted by molar-refractivity contribution is 0.668. The second-order valence-corrected chi connectivity index (χ2v) is 14.4. The molecule has 57 heavy (non-hydrogen) atoms. The third-order valence-electron chi connectivity index (χ3n) is 11.1. The predicted molar refractivity (Wildman–Crippen MR) is 230 cm³/mol. The number of furan rings is 2. The molecule has 0 spiro atoms. The van der Waals surface area contributed by atoms with Crippen molar-refractivity contribution in [2.45, 2.75) is 0 Å². The number of hydrogen-bond acceptors (Lipinski definition) is 5. The molecule has 0 atom stereocenters. The summed E-state index contributed by atoms with van der Waals surface area (Å²) in [6.45, 7) is 0. The van der Waals surface area contributed by atoms with Crippen LogP contribution in [-0.4, -0.2) is 19.5 Å². The summed E-state index contributed by atoms with van der Waals surface area (Å²) in [5, 5.41) is 6.38. The maximum atomic E-state index is 6.62. The molecule has 6 nitrogen and oxygen atoms in total. The molecule has 12 aromatic rings. The average Bonchev–Trinajstić information content (AvgIpc) is 3.96. The largest absolute Gasteiger partial charge is 0.456 e. The van der Waals surface area contributed by atoms with E-state index in [1.54, 1.807) is 0 Å². The Balaban J connectivity index is 1.08. The molecule has 0 radical (unpaired) electrons. The topological polar surface area (TPSA) is 69.9 Å². The van der Waals surface area contributed by atoms with Crippen LogP contribution in [0.25, 0.3) is 117 Å². The van der Waals surface area contributed by atoms with Gasteiger partial charge in [0.15, 0.2) is 11.6 Å². The first-order valence-corrected chi connectivity index (χ1v) is 19.0. The maximum Gasteiger partial charge on any atom is 0.238 e. The highest BCUT2D eigenvalue weighted by atomic mass is 16.3. The molecule has 0 saturated heterocycles. The number of aromatic nitrogens is 4. The van der Waals surface area contributed by atoms with Gasteiger partial charge in [-0.15, -0.1) is 0 Å². The summed E-state index contributed by atoms with van der Waals surface area (Å²) in [4.78, 5) is 15.6. The Morgan fingerprint density at radius 3 is 1.82 bits per heavy atom. The SMILES string of the molecule is c1ccc(-c2cccc(-c3cccc4oc5cc(-c6nc(-c7ccccc7)nc(-n7c8ccccc8c8ccc9oc%10ccccc%10c9c87)n6)ccc5c34)c2)cc1. The van der Waals surface area contributed by atoms with Crippen molar-refractivity contribution in [1.29, 1.82) is 0 Å². The highest BCUT2D eigenvalue weighted by molar-refractivity contribution is 6.24. The van der Waals surface area contributed by atoms with Gasteiger partial charge in [0, 0.05) is 38.1 Å². The van der Waals surface area contributed by atoms with E-state index in [4.69, 9.17) is 23.8 Å². The normalized spacial score (nSPS) is 11.9. The molecular formula is C51H30N4O2. The zero-order chi connectivity index (χ0) is 37.5. The fourth-order valence-corrected chi connectivity index (χ4v) is 8.49. The molecule has 0 unspecified atom stereocenters. The molecule has 266 valence electrons.